The molecule has 34 heavy (non-hydrogen) atoms. The third kappa shape index (κ3) is 9.65. The molecular weight excluding hydrogens is 446 g/mol. The fraction of sp³-hybridized carbons (Fsp3) is 0.565. The molecule has 3 atom stereocenters. The number of methoxy groups -OCH3 is 1. The highest BCUT2D eigenvalue weighted by atomic mass is 16.6. The van der Waals surface area contributed by atoms with Crippen LogP contribution < -0.4 is 16.0 Å². The Morgan fingerprint density at radius 3 is 1.97 bits per heavy atom. The Kier molecular flexibility index (Phi) is 10.8. The van der Waals surface area contributed by atoms with E-state index in [4.69, 9.17) is 4.74 Å². The molecule has 0 aliphatic carbocycles. The number of ether oxygens (including phenoxy) is 2. The number of hydrogen-bond donors (Lipinski definition) is 5. The van der Waals surface area contributed by atoms with Crippen molar-refractivity contribution in [2.75, 3.05) is 13.7 Å². The molecule has 0 unspecified atom stereocenters. The summed E-state index contributed by atoms with van der Waals surface area (Å²) in [6, 6.07) is 2.49. The highest BCUT2D eigenvalue weighted by Crippen LogP contribution is 2.13. The van der Waals surface area contributed by atoms with E-state index in [-0.39, 0.29) is 18.1 Å². The van der Waals surface area contributed by atoms with Gasteiger partial charge in [0.1, 0.15) is 29.5 Å². The number of phenolic OH excluding ortho intramolecular Hbond substituents is 1. The van der Waals surface area contributed by atoms with E-state index in [9.17, 15) is 29.4 Å². The van der Waals surface area contributed by atoms with Gasteiger partial charge in [0.2, 0.25) is 11.8 Å². The third-order valence-electron chi connectivity index (χ3n) is 4.62. The number of carbonyl (C=O) groups excluding carboxylic acids is 4. The standard InChI is InChI=1S/C23H35N3O8/c1-13(2)18(21(31)33-6)26-20(30)17(12-27)24-19(29)16(25-22(32)34-23(3,4)5)11-14-7-9-15(28)10-8-14/h7-10,13,16-18,27-28H,11-12H2,1-6H3,(H,24,29)(H,25,32)(H,26,30)/t16-,17-,18-/m0/s1. The summed E-state index contributed by atoms with van der Waals surface area (Å²) in [5.41, 5.74) is -0.193. The SMILES string of the molecule is COC(=O)[C@@H](NC(=O)[C@H](CO)NC(=O)[C@H](Cc1ccc(O)cc1)NC(=O)OC(C)(C)C)C(C)C. The van der Waals surface area contributed by atoms with Gasteiger partial charge in [-0.3, -0.25) is 9.59 Å². The Bertz CT molecular complexity index is 849. The zero-order valence-corrected chi connectivity index (χ0v) is 20.4. The second-order valence-electron chi connectivity index (χ2n) is 9.07. The molecule has 0 fully saturated rings. The van der Waals surface area contributed by atoms with Crippen molar-refractivity contribution in [3.8, 4) is 5.75 Å². The summed E-state index contributed by atoms with van der Waals surface area (Å²) in [6.07, 6.45) is -0.830. The smallest absolute Gasteiger partial charge is 0.408 e. The Morgan fingerprint density at radius 2 is 1.50 bits per heavy atom. The first-order chi connectivity index (χ1) is 15.8. The van der Waals surface area contributed by atoms with Crippen molar-refractivity contribution in [1.29, 1.82) is 0 Å². The summed E-state index contributed by atoms with van der Waals surface area (Å²) >= 11 is 0. The summed E-state index contributed by atoms with van der Waals surface area (Å²) in [7, 11) is 1.19. The largest absolute Gasteiger partial charge is 0.508 e. The van der Waals surface area contributed by atoms with E-state index in [2.05, 4.69) is 20.7 Å². The number of rotatable bonds is 10. The number of aromatic hydroxyl groups is 1. The number of aliphatic hydroxyl groups is 1. The second-order valence-corrected chi connectivity index (χ2v) is 9.07. The zero-order chi connectivity index (χ0) is 26.1. The van der Waals surface area contributed by atoms with Crippen LogP contribution in [0.4, 0.5) is 4.79 Å². The van der Waals surface area contributed by atoms with Crippen LogP contribution in [0.2, 0.25) is 0 Å². The van der Waals surface area contributed by atoms with Gasteiger partial charge >= 0.3 is 12.1 Å². The minimum atomic E-state index is -1.39. The fourth-order valence-corrected chi connectivity index (χ4v) is 2.87. The number of alkyl carbamates (subject to hydrolysis) is 1. The van der Waals surface area contributed by atoms with E-state index in [0.717, 1.165) is 0 Å². The van der Waals surface area contributed by atoms with Crippen LogP contribution in [0, 0.1) is 5.92 Å². The molecule has 5 N–H and O–H groups in total. The fourth-order valence-electron chi connectivity index (χ4n) is 2.87. The molecule has 190 valence electrons. The molecule has 1 aromatic carbocycles. The van der Waals surface area contributed by atoms with Gasteiger partial charge in [0, 0.05) is 6.42 Å². The molecule has 0 radical (unpaired) electrons. The molecule has 0 saturated heterocycles. The molecule has 1 aromatic rings. The van der Waals surface area contributed by atoms with Gasteiger partial charge in [0.05, 0.1) is 13.7 Å². The van der Waals surface area contributed by atoms with E-state index < -0.39 is 54.2 Å². The molecular formula is C23H35N3O8. The van der Waals surface area contributed by atoms with Crippen LogP contribution in [0.25, 0.3) is 0 Å². The number of hydrogen-bond acceptors (Lipinski definition) is 8. The van der Waals surface area contributed by atoms with Gasteiger partial charge in [-0.05, 0) is 44.4 Å². The second kappa shape index (κ2) is 12.8. The molecule has 0 saturated carbocycles. The average Bonchev–Trinajstić information content (AvgIpc) is 2.74. The van der Waals surface area contributed by atoms with Crippen LogP contribution in [-0.2, 0) is 30.3 Å². The molecule has 1 rings (SSSR count). The van der Waals surface area contributed by atoms with Crippen molar-refractivity contribution in [3.05, 3.63) is 29.8 Å². The van der Waals surface area contributed by atoms with Gasteiger partial charge in [0.25, 0.3) is 0 Å². The number of aliphatic hydroxyl groups excluding tert-OH is 1. The molecule has 0 spiro atoms. The van der Waals surface area contributed by atoms with Crippen molar-refractivity contribution in [2.45, 2.75) is 64.8 Å². The summed E-state index contributed by atoms with van der Waals surface area (Å²) in [4.78, 5) is 49.9. The van der Waals surface area contributed by atoms with E-state index in [1.807, 2.05) is 0 Å². The van der Waals surface area contributed by atoms with E-state index in [0.29, 0.717) is 5.56 Å². The zero-order valence-electron chi connectivity index (χ0n) is 20.4. The first-order valence-corrected chi connectivity index (χ1v) is 10.8. The number of esters is 1. The number of phenols is 1. The topological polar surface area (TPSA) is 163 Å². The first-order valence-electron chi connectivity index (χ1n) is 10.8. The van der Waals surface area contributed by atoms with Crippen LogP contribution in [0.15, 0.2) is 24.3 Å². The Labute approximate surface area is 199 Å². The predicted molar refractivity (Wildman–Crippen MR) is 123 cm³/mol. The Morgan fingerprint density at radius 1 is 0.941 bits per heavy atom. The van der Waals surface area contributed by atoms with Gasteiger partial charge in [-0.25, -0.2) is 9.59 Å². The van der Waals surface area contributed by atoms with Crippen molar-refractivity contribution < 1.29 is 38.9 Å². The number of amides is 3. The van der Waals surface area contributed by atoms with Crippen LogP contribution in [-0.4, -0.2) is 71.5 Å². The lowest BCUT2D eigenvalue weighted by atomic mass is 10.0. The van der Waals surface area contributed by atoms with Crippen LogP contribution in [0.5, 0.6) is 5.75 Å². The van der Waals surface area contributed by atoms with Gasteiger partial charge in [-0.2, -0.15) is 0 Å². The van der Waals surface area contributed by atoms with Gasteiger partial charge in [-0.1, -0.05) is 26.0 Å². The predicted octanol–water partition coefficient (Wildman–Crippen LogP) is 0.619. The van der Waals surface area contributed by atoms with E-state index in [1.165, 1.54) is 19.2 Å². The Balaban J connectivity index is 3.02. The monoisotopic (exact) mass is 481 g/mol. The maximum absolute atomic E-state index is 13.0. The molecule has 0 bridgehead atoms. The maximum Gasteiger partial charge on any atom is 0.408 e. The molecule has 11 nitrogen and oxygen atoms in total. The molecule has 11 heteroatoms. The summed E-state index contributed by atoms with van der Waals surface area (Å²) in [5, 5.41) is 26.5. The minimum absolute atomic E-state index is 0.0158. The first kappa shape index (κ1) is 28.7. The maximum atomic E-state index is 13.0. The molecule has 0 heterocycles. The molecule has 3 amide bonds. The van der Waals surface area contributed by atoms with Crippen molar-refractivity contribution in [3.63, 3.8) is 0 Å². The van der Waals surface area contributed by atoms with Gasteiger partial charge in [-0.15, -0.1) is 0 Å². The van der Waals surface area contributed by atoms with Crippen LogP contribution in [0.1, 0.15) is 40.2 Å². The quantitative estimate of drug-likeness (QED) is 0.304. The number of benzene rings is 1. The lowest BCUT2D eigenvalue weighted by Gasteiger charge is -2.26. The molecule has 0 aromatic heterocycles. The molecule has 0 aliphatic heterocycles. The van der Waals surface area contributed by atoms with Gasteiger partial charge < -0.3 is 35.6 Å². The van der Waals surface area contributed by atoms with Crippen molar-refractivity contribution in [2.24, 2.45) is 5.92 Å². The minimum Gasteiger partial charge on any atom is -0.508 e. The van der Waals surface area contributed by atoms with Crippen LogP contribution in [0.3, 0.4) is 0 Å². The summed E-state index contributed by atoms with van der Waals surface area (Å²) in [5.74, 6) is -2.48. The third-order valence-corrected chi connectivity index (χ3v) is 4.62. The average molecular weight is 482 g/mol. The van der Waals surface area contributed by atoms with Crippen molar-refractivity contribution in [1.82, 2.24) is 16.0 Å². The van der Waals surface area contributed by atoms with Crippen molar-refractivity contribution >= 4 is 23.9 Å². The van der Waals surface area contributed by atoms with Crippen LogP contribution >= 0.6 is 0 Å². The van der Waals surface area contributed by atoms with E-state index in [1.54, 1.807) is 46.8 Å². The molecule has 0 aliphatic rings. The lowest BCUT2D eigenvalue weighted by molar-refractivity contribution is -0.146. The normalized spacial score (nSPS) is 13.9. The van der Waals surface area contributed by atoms with Gasteiger partial charge in [0.15, 0.2) is 0 Å². The lowest BCUT2D eigenvalue weighted by Crippen LogP contribution is -2.58. The summed E-state index contributed by atoms with van der Waals surface area (Å²) in [6.45, 7) is 7.65. The van der Waals surface area contributed by atoms with E-state index >= 15 is 0 Å². The highest BCUT2D eigenvalue weighted by Gasteiger charge is 2.31. The number of nitrogens with one attached hydrogen (secondary N) is 3. The Hall–Kier alpha value is -3.34. The number of carbonyl (C=O) groups is 4. The summed E-state index contributed by atoms with van der Waals surface area (Å²) < 4.78 is 9.90. The highest BCUT2D eigenvalue weighted by molar-refractivity contribution is 5.93.